The van der Waals surface area contributed by atoms with Crippen molar-refractivity contribution in [3.63, 3.8) is 0 Å². The summed E-state index contributed by atoms with van der Waals surface area (Å²) in [5.41, 5.74) is 4.57. The molecule has 0 aliphatic rings. The van der Waals surface area contributed by atoms with Gasteiger partial charge in [0.05, 0.1) is 11.2 Å². The summed E-state index contributed by atoms with van der Waals surface area (Å²) < 4.78 is 2.10. The van der Waals surface area contributed by atoms with Crippen LogP contribution in [0.5, 0.6) is 0 Å². The molecule has 0 N–H and O–H groups in total. The molecule has 2 aromatic heterocycles. The average molecular weight is 410 g/mol. The van der Waals surface area contributed by atoms with Gasteiger partial charge in [-0.25, -0.2) is 9.67 Å². The number of rotatable bonds is 4. The first-order valence-electron chi connectivity index (χ1n) is 9.89. The number of aromatic nitrogens is 3. The van der Waals surface area contributed by atoms with Gasteiger partial charge in [0.1, 0.15) is 10.7 Å². The maximum Gasteiger partial charge on any atom is 0.138 e. The Hall–Kier alpha value is -3.43. The van der Waals surface area contributed by atoms with Gasteiger partial charge in [0.25, 0.3) is 0 Å². The Morgan fingerprint density at radius 1 is 0.733 bits per heavy atom. The van der Waals surface area contributed by atoms with E-state index in [1.807, 2.05) is 37.4 Å². The fourth-order valence-electron chi connectivity index (χ4n) is 4.29. The molecule has 0 atom stereocenters. The van der Waals surface area contributed by atoms with Gasteiger partial charge in [-0.2, -0.15) is 5.10 Å². The highest BCUT2D eigenvalue weighted by Crippen LogP contribution is 2.42. The molecule has 3 nitrogen and oxygen atoms in total. The number of nitrogens with zero attached hydrogens (tertiary/aromatic N) is 3. The van der Waals surface area contributed by atoms with Crippen LogP contribution in [0.25, 0.3) is 10.9 Å². The predicted octanol–water partition coefficient (Wildman–Crippen LogP) is 6.23. The van der Waals surface area contributed by atoms with E-state index in [9.17, 15) is 0 Å². The van der Waals surface area contributed by atoms with E-state index in [1.54, 1.807) is 0 Å². The van der Waals surface area contributed by atoms with Crippen molar-refractivity contribution in [1.82, 2.24) is 14.8 Å². The number of halogens is 1. The number of benzene rings is 3. The zero-order chi connectivity index (χ0) is 20.6. The van der Waals surface area contributed by atoms with E-state index in [0.29, 0.717) is 5.15 Å². The second kappa shape index (κ2) is 7.43. The molecule has 0 spiro atoms. The summed E-state index contributed by atoms with van der Waals surface area (Å²) in [5.74, 6) is 0. The van der Waals surface area contributed by atoms with Gasteiger partial charge >= 0.3 is 0 Å². The van der Waals surface area contributed by atoms with Crippen molar-refractivity contribution in [1.29, 1.82) is 0 Å². The van der Waals surface area contributed by atoms with Gasteiger partial charge in [-0.05, 0) is 23.6 Å². The van der Waals surface area contributed by atoms with Crippen LogP contribution in [0.15, 0.2) is 103 Å². The largest absolute Gasteiger partial charge is 0.245 e. The Kier molecular flexibility index (Phi) is 4.61. The molecule has 0 bridgehead atoms. The zero-order valence-corrected chi connectivity index (χ0v) is 17.3. The molecule has 4 heteroatoms. The van der Waals surface area contributed by atoms with Crippen LogP contribution in [0.3, 0.4) is 0 Å². The van der Waals surface area contributed by atoms with Crippen LogP contribution in [-0.2, 0) is 5.54 Å². The van der Waals surface area contributed by atoms with Crippen molar-refractivity contribution in [2.75, 3.05) is 0 Å². The summed E-state index contributed by atoms with van der Waals surface area (Å²) in [7, 11) is 0. The molecule has 30 heavy (non-hydrogen) atoms. The number of aryl methyl sites for hydroxylation is 1. The molecule has 0 saturated carbocycles. The summed E-state index contributed by atoms with van der Waals surface area (Å²) in [6, 6.07) is 33.4. The van der Waals surface area contributed by atoms with Crippen molar-refractivity contribution in [3.8, 4) is 0 Å². The van der Waals surface area contributed by atoms with Crippen LogP contribution in [0, 0.1) is 6.92 Å². The number of fused-ring (bicyclic) bond motifs is 1. The molecule has 5 rings (SSSR count). The highest BCUT2D eigenvalue weighted by atomic mass is 35.5. The van der Waals surface area contributed by atoms with Gasteiger partial charge in [-0.1, -0.05) is 103 Å². The summed E-state index contributed by atoms with van der Waals surface area (Å²) in [4.78, 5) is 4.29. The first kappa shape index (κ1) is 18.6. The highest BCUT2D eigenvalue weighted by Gasteiger charge is 2.40. The standard InChI is InChI=1S/C26H20ClN3/c1-19-23-18-28-25(27)17-24(23)30(29-19)26(20-11-5-2-6-12-20,21-13-7-3-8-14-21)22-15-9-4-10-16-22/h2-18H,1H3. The lowest BCUT2D eigenvalue weighted by Crippen LogP contribution is -2.38. The van der Waals surface area contributed by atoms with Gasteiger partial charge in [0.2, 0.25) is 0 Å². The van der Waals surface area contributed by atoms with Crippen molar-refractivity contribution >= 4 is 22.5 Å². The van der Waals surface area contributed by atoms with Crippen molar-refractivity contribution in [3.05, 3.63) is 131 Å². The van der Waals surface area contributed by atoms with Crippen LogP contribution in [0.1, 0.15) is 22.4 Å². The third kappa shape index (κ3) is 2.82. The molecule has 0 saturated heterocycles. The van der Waals surface area contributed by atoms with Gasteiger partial charge in [-0.3, -0.25) is 0 Å². The Morgan fingerprint density at radius 2 is 1.20 bits per heavy atom. The third-order valence-electron chi connectivity index (χ3n) is 5.61. The molecule has 3 aromatic carbocycles. The minimum absolute atomic E-state index is 0.451. The maximum absolute atomic E-state index is 6.34. The monoisotopic (exact) mass is 409 g/mol. The summed E-state index contributed by atoms with van der Waals surface area (Å²) in [5, 5.41) is 6.49. The highest BCUT2D eigenvalue weighted by molar-refractivity contribution is 6.30. The van der Waals surface area contributed by atoms with Crippen molar-refractivity contribution < 1.29 is 0 Å². The minimum Gasteiger partial charge on any atom is -0.245 e. The van der Waals surface area contributed by atoms with E-state index in [1.165, 1.54) is 0 Å². The Labute approximate surface area is 180 Å². The van der Waals surface area contributed by atoms with Crippen molar-refractivity contribution in [2.24, 2.45) is 0 Å². The quantitative estimate of drug-likeness (QED) is 0.260. The van der Waals surface area contributed by atoms with E-state index in [0.717, 1.165) is 33.3 Å². The van der Waals surface area contributed by atoms with Crippen molar-refractivity contribution in [2.45, 2.75) is 12.5 Å². The molecule has 0 aliphatic carbocycles. The minimum atomic E-state index is -0.666. The van der Waals surface area contributed by atoms with Gasteiger partial charge in [-0.15, -0.1) is 0 Å². The third-order valence-corrected chi connectivity index (χ3v) is 5.82. The Morgan fingerprint density at radius 3 is 1.67 bits per heavy atom. The van der Waals surface area contributed by atoms with Gasteiger partial charge in [0.15, 0.2) is 0 Å². The van der Waals surface area contributed by atoms with Crippen LogP contribution in [0.4, 0.5) is 0 Å². The predicted molar refractivity (Wildman–Crippen MR) is 122 cm³/mol. The molecule has 0 unspecified atom stereocenters. The van der Waals surface area contributed by atoms with E-state index < -0.39 is 5.54 Å². The van der Waals surface area contributed by atoms with Crippen LogP contribution < -0.4 is 0 Å². The molecular weight excluding hydrogens is 390 g/mol. The number of hydrogen-bond donors (Lipinski definition) is 0. The lowest BCUT2D eigenvalue weighted by molar-refractivity contribution is 0.473. The summed E-state index contributed by atoms with van der Waals surface area (Å²) in [6.07, 6.45) is 1.81. The molecular formula is C26H20ClN3. The average Bonchev–Trinajstić information content (AvgIpc) is 3.12. The Bertz CT molecular complexity index is 1200. The molecule has 0 radical (unpaired) electrons. The van der Waals surface area contributed by atoms with Gasteiger partial charge in [0, 0.05) is 17.6 Å². The number of pyridine rings is 1. The van der Waals surface area contributed by atoms with E-state index >= 15 is 0 Å². The van der Waals surface area contributed by atoms with E-state index in [-0.39, 0.29) is 0 Å². The molecule has 0 amide bonds. The molecule has 2 heterocycles. The Balaban J connectivity index is 1.99. The van der Waals surface area contributed by atoms with Crippen LogP contribution in [-0.4, -0.2) is 14.8 Å². The van der Waals surface area contributed by atoms with Crippen LogP contribution >= 0.6 is 11.6 Å². The van der Waals surface area contributed by atoms with E-state index in [4.69, 9.17) is 16.7 Å². The number of hydrogen-bond acceptors (Lipinski definition) is 2. The normalized spacial score (nSPS) is 11.7. The van der Waals surface area contributed by atoms with Gasteiger partial charge < -0.3 is 0 Å². The second-order valence-corrected chi connectivity index (χ2v) is 7.72. The fourth-order valence-corrected chi connectivity index (χ4v) is 4.44. The topological polar surface area (TPSA) is 30.7 Å². The molecule has 0 fully saturated rings. The lowest BCUT2D eigenvalue weighted by Gasteiger charge is -2.37. The molecule has 0 aliphatic heterocycles. The second-order valence-electron chi connectivity index (χ2n) is 7.33. The fraction of sp³-hybridized carbons (Fsp3) is 0.0769. The summed E-state index contributed by atoms with van der Waals surface area (Å²) in [6.45, 7) is 2.01. The lowest BCUT2D eigenvalue weighted by atomic mass is 9.77. The zero-order valence-electron chi connectivity index (χ0n) is 16.5. The molecule has 5 aromatic rings. The first-order valence-corrected chi connectivity index (χ1v) is 10.3. The first-order chi connectivity index (χ1) is 14.7. The summed E-state index contributed by atoms with van der Waals surface area (Å²) >= 11 is 6.34. The smallest absolute Gasteiger partial charge is 0.138 e. The van der Waals surface area contributed by atoms with E-state index in [2.05, 4.69) is 82.5 Å². The van der Waals surface area contributed by atoms with Crippen LogP contribution in [0.2, 0.25) is 5.15 Å². The SMILES string of the molecule is Cc1nn(C(c2ccccc2)(c2ccccc2)c2ccccc2)c2cc(Cl)ncc12. The maximum atomic E-state index is 6.34. The molecule has 146 valence electrons.